The van der Waals surface area contributed by atoms with Crippen molar-refractivity contribution in [1.29, 1.82) is 0 Å². The Morgan fingerprint density at radius 3 is 2.73 bits per heavy atom. The van der Waals surface area contributed by atoms with Gasteiger partial charge in [0.1, 0.15) is 17.0 Å². The number of carbonyl (C=O) groups excluding carboxylic acids is 1. The molecule has 1 N–H and O–H groups in total. The molecule has 0 radical (unpaired) electrons. The van der Waals surface area contributed by atoms with E-state index in [2.05, 4.69) is 15.5 Å². The number of hydrazone groups is 1. The summed E-state index contributed by atoms with van der Waals surface area (Å²) in [5.41, 5.74) is 2.55. The summed E-state index contributed by atoms with van der Waals surface area (Å²) in [6, 6.07) is 10.5. The number of hydrogen-bond donors (Lipinski definition) is 1. The maximum Gasteiger partial charge on any atom is 0.271 e. The lowest BCUT2D eigenvalue weighted by atomic mass is 10.2. The van der Waals surface area contributed by atoms with Crippen molar-refractivity contribution in [3.05, 3.63) is 80.3 Å². The van der Waals surface area contributed by atoms with Gasteiger partial charge in [-0.2, -0.15) is 5.10 Å². The number of anilines is 1. The highest BCUT2D eigenvalue weighted by atomic mass is 16.6. The van der Waals surface area contributed by atoms with E-state index < -0.39 is 10.8 Å². The fraction of sp³-hybridized carbons (Fsp3) is 0.273. The molecule has 1 amide bonds. The van der Waals surface area contributed by atoms with Gasteiger partial charge in [0, 0.05) is 37.0 Å². The van der Waals surface area contributed by atoms with Gasteiger partial charge in [-0.25, -0.2) is 10.4 Å². The van der Waals surface area contributed by atoms with Crippen LogP contribution in [0.15, 0.2) is 58.6 Å². The van der Waals surface area contributed by atoms with Gasteiger partial charge in [-0.05, 0) is 32.0 Å². The topological polar surface area (TPSA) is 131 Å². The number of amides is 1. The number of nitrogens with one attached hydrogen (secondary N) is 1. The van der Waals surface area contributed by atoms with Crippen molar-refractivity contribution in [2.24, 2.45) is 5.10 Å². The Morgan fingerprint density at radius 2 is 2.00 bits per heavy atom. The molecule has 1 saturated heterocycles. The predicted octanol–water partition coefficient (Wildman–Crippen LogP) is 1.98. The Bertz CT molecular complexity index is 1290. The zero-order valence-corrected chi connectivity index (χ0v) is 18.0. The molecule has 4 rings (SSSR count). The lowest BCUT2D eigenvalue weighted by molar-refractivity contribution is -0.384. The molecule has 33 heavy (non-hydrogen) atoms. The second kappa shape index (κ2) is 9.17. The first-order valence-corrected chi connectivity index (χ1v) is 10.3. The fourth-order valence-corrected chi connectivity index (χ4v) is 3.78. The minimum atomic E-state index is -0.640. The predicted molar refractivity (Wildman–Crippen MR) is 122 cm³/mol. The zero-order valence-electron chi connectivity index (χ0n) is 18.0. The summed E-state index contributed by atoms with van der Waals surface area (Å²) in [4.78, 5) is 42.6. The first-order chi connectivity index (χ1) is 15.8. The number of benzene rings is 1. The van der Waals surface area contributed by atoms with Crippen molar-refractivity contribution in [2.75, 3.05) is 18.0 Å². The van der Waals surface area contributed by atoms with Crippen molar-refractivity contribution >= 4 is 29.3 Å². The van der Waals surface area contributed by atoms with Crippen molar-refractivity contribution in [3.8, 4) is 0 Å². The van der Waals surface area contributed by atoms with Crippen molar-refractivity contribution in [2.45, 2.75) is 26.1 Å². The highest BCUT2D eigenvalue weighted by Gasteiger charge is 2.26. The van der Waals surface area contributed by atoms with E-state index in [1.165, 1.54) is 28.8 Å². The van der Waals surface area contributed by atoms with E-state index in [4.69, 9.17) is 4.74 Å². The van der Waals surface area contributed by atoms with Crippen molar-refractivity contribution in [3.63, 3.8) is 0 Å². The number of ether oxygens (including phenoxy) is 1. The lowest BCUT2D eigenvalue weighted by Crippen LogP contribution is -2.47. The van der Waals surface area contributed by atoms with Crippen LogP contribution in [0.25, 0.3) is 5.65 Å². The Labute approximate surface area is 188 Å². The number of aromatic nitrogens is 2. The quantitative estimate of drug-likeness (QED) is 0.357. The molecule has 3 heterocycles. The zero-order chi connectivity index (χ0) is 23.5. The van der Waals surface area contributed by atoms with Gasteiger partial charge in [-0.1, -0.05) is 12.1 Å². The third kappa shape index (κ3) is 4.72. The molecule has 170 valence electrons. The molecule has 1 aliphatic rings. The van der Waals surface area contributed by atoms with Gasteiger partial charge in [-0.3, -0.25) is 24.1 Å². The van der Waals surface area contributed by atoms with Gasteiger partial charge >= 0.3 is 0 Å². The second-order valence-corrected chi connectivity index (χ2v) is 7.75. The van der Waals surface area contributed by atoms with E-state index in [9.17, 15) is 19.7 Å². The monoisotopic (exact) mass is 450 g/mol. The van der Waals surface area contributed by atoms with Gasteiger partial charge < -0.3 is 9.64 Å². The Kier molecular flexibility index (Phi) is 6.13. The number of morpholine rings is 1. The standard InChI is InChI=1S/C22H22N6O5/c1-14-12-26(13-15(2)33-14)20-18(22(30)27-9-4-3-8-19(27)24-20)11-23-25-21(29)16-6-5-7-17(10-16)28(31)32/h3-11,14-15H,12-13H2,1-2H3,(H,25,29)/b23-11-/t14-,15-/m0/s1. The minimum Gasteiger partial charge on any atom is -0.372 e. The van der Waals surface area contributed by atoms with Gasteiger partial charge in [0.2, 0.25) is 0 Å². The molecular formula is C22H22N6O5. The normalized spacial score (nSPS) is 18.5. The van der Waals surface area contributed by atoms with Gasteiger partial charge in [0.05, 0.1) is 23.3 Å². The van der Waals surface area contributed by atoms with Crippen LogP contribution in [-0.2, 0) is 4.74 Å². The molecule has 0 spiro atoms. The molecule has 0 unspecified atom stereocenters. The van der Waals surface area contributed by atoms with Crippen LogP contribution in [0.5, 0.6) is 0 Å². The third-order valence-electron chi connectivity index (χ3n) is 5.15. The van der Waals surface area contributed by atoms with Crippen LogP contribution >= 0.6 is 0 Å². The average molecular weight is 450 g/mol. The maximum absolute atomic E-state index is 13.2. The number of nitrogens with zero attached hydrogens (tertiary/aromatic N) is 5. The Balaban J connectivity index is 1.67. The molecule has 0 aliphatic carbocycles. The Hall–Kier alpha value is -4.12. The summed E-state index contributed by atoms with van der Waals surface area (Å²) in [7, 11) is 0. The second-order valence-electron chi connectivity index (χ2n) is 7.75. The van der Waals surface area contributed by atoms with Crippen LogP contribution < -0.4 is 15.9 Å². The Morgan fingerprint density at radius 1 is 1.24 bits per heavy atom. The van der Waals surface area contributed by atoms with Crippen LogP contribution in [0.2, 0.25) is 0 Å². The molecule has 2 aromatic heterocycles. The highest BCUT2D eigenvalue weighted by Crippen LogP contribution is 2.21. The molecule has 2 atom stereocenters. The summed E-state index contributed by atoms with van der Waals surface area (Å²) < 4.78 is 7.20. The van der Waals surface area contributed by atoms with Crippen LogP contribution in [0.3, 0.4) is 0 Å². The largest absolute Gasteiger partial charge is 0.372 e. The number of rotatable bonds is 5. The van der Waals surface area contributed by atoms with E-state index in [-0.39, 0.29) is 34.6 Å². The maximum atomic E-state index is 13.2. The van der Waals surface area contributed by atoms with Crippen LogP contribution in [-0.4, -0.2) is 51.7 Å². The number of non-ortho nitro benzene ring substituents is 1. The molecule has 1 fully saturated rings. The summed E-state index contributed by atoms with van der Waals surface area (Å²) in [5, 5.41) is 14.9. The molecule has 3 aromatic rings. The first-order valence-electron chi connectivity index (χ1n) is 10.3. The van der Waals surface area contributed by atoms with Crippen molar-refractivity contribution in [1.82, 2.24) is 14.8 Å². The van der Waals surface area contributed by atoms with Crippen molar-refractivity contribution < 1.29 is 14.5 Å². The fourth-order valence-electron chi connectivity index (χ4n) is 3.78. The summed E-state index contributed by atoms with van der Waals surface area (Å²) >= 11 is 0. The van der Waals surface area contributed by atoms with Gasteiger partial charge in [0.25, 0.3) is 17.2 Å². The average Bonchev–Trinajstić information content (AvgIpc) is 2.79. The molecule has 0 saturated carbocycles. The SMILES string of the molecule is C[C@H]1CN(c2nc3ccccn3c(=O)c2/C=N\NC(=O)c2cccc([N+](=O)[O-])c2)C[C@H](C)O1. The number of hydrogen-bond acceptors (Lipinski definition) is 8. The molecule has 0 bridgehead atoms. The summed E-state index contributed by atoms with van der Waals surface area (Å²) in [5.74, 6) is -0.194. The van der Waals surface area contributed by atoms with Crippen LogP contribution in [0, 0.1) is 10.1 Å². The van der Waals surface area contributed by atoms with Crippen LogP contribution in [0.4, 0.5) is 11.5 Å². The first kappa shape index (κ1) is 22.1. The highest BCUT2D eigenvalue weighted by molar-refractivity contribution is 5.96. The number of carbonyl (C=O) groups is 1. The van der Waals surface area contributed by atoms with E-state index in [0.29, 0.717) is 24.6 Å². The van der Waals surface area contributed by atoms with Gasteiger partial charge in [-0.15, -0.1) is 0 Å². The summed E-state index contributed by atoms with van der Waals surface area (Å²) in [6.07, 6.45) is 2.76. The number of nitro benzene ring substituents is 1. The molecule has 1 aromatic carbocycles. The smallest absolute Gasteiger partial charge is 0.271 e. The minimum absolute atomic E-state index is 0.0526. The van der Waals surface area contributed by atoms with E-state index in [1.54, 1.807) is 24.4 Å². The molecule has 11 heteroatoms. The molecular weight excluding hydrogens is 428 g/mol. The van der Waals surface area contributed by atoms with E-state index in [0.717, 1.165) is 6.07 Å². The van der Waals surface area contributed by atoms with E-state index in [1.807, 2.05) is 18.7 Å². The molecule has 11 nitrogen and oxygen atoms in total. The third-order valence-corrected chi connectivity index (χ3v) is 5.15. The van der Waals surface area contributed by atoms with E-state index >= 15 is 0 Å². The summed E-state index contributed by atoms with van der Waals surface area (Å²) in [6.45, 7) is 4.98. The van der Waals surface area contributed by atoms with Crippen LogP contribution in [0.1, 0.15) is 29.8 Å². The number of pyridine rings is 1. The molecule has 1 aliphatic heterocycles. The number of fused-ring (bicyclic) bond motifs is 1. The lowest BCUT2D eigenvalue weighted by Gasteiger charge is -2.36. The number of nitro groups is 1. The van der Waals surface area contributed by atoms with Gasteiger partial charge in [0.15, 0.2) is 0 Å².